The molecule has 0 amide bonds. The molecule has 18 heavy (non-hydrogen) atoms. The highest BCUT2D eigenvalue weighted by Gasteiger charge is 2.31. The van der Waals surface area contributed by atoms with Crippen molar-refractivity contribution in [3.63, 3.8) is 0 Å². The lowest BCUT2D eigenvalue weighted by Gasteiger charge is -2.12. The Morgan fingerprint density at radius 1 is 1.50 bits per heavy atom. The van der Waals surface area contributed by atoms with Crippen LogP contribution in [0.2, 0.25) is 0 Å². The maximum atomic E-state index is 12.4. The van der Waals surface area contributed by atoms with Crippen LogP contribution in [0, 0.1) is 18.3 Å². The number of thioether (sulfide) groups is 1. The van der Waals surface area contributed by atoms with Crippen molar-refractivity contribution in [3.8, 4) is 6.07 Å². The summed E-state index contributed by atoms with van der Waals surface area (Å²) in [5, 5.41) is 17.5. The molecule has 0 saturated heterocycles. The zero-order valence-electron chi connectivity index (χ0n) is 9.21. The lowest BCUT2D eigenvalue weighted by molar-refractivity contribution is -0.136. The zero-order chi connectivity index (χ0) is 13.9. The standard InChI is InChI=1S/C11H8F3NO2S/c1-6-2-7(5-15)8(4-10(16)17)9(3-6)18-11(12,13)14/h2-3H,4H2,1H3,(H,16,17). The molecule has 0 fully saturated rings. The first-order chi connectivity index (χ1) is 8.23. The van der Waals surface area contributed by atoms with Crippen molar-refractivity contribution in [2.75, 3.05) is 0 Å². The van der Waals surface area contributed by atoms with Crippen LogP contribution in [-0.4, -0.2) is 16.6 Å². The minimum atomic E-state index is -4.52. The Balaban J connectivity index is 3.33. The van der Waals surface area contributed by atoms with Crippen LogP contribution in [0.25, 0.3) is 0 Å². The molecule has 0 aromatic heterocycles. The Labute approximate surface area is 105 Å². The number of carbonyl (C=O) groups is 1. The predicted molar refractivity (Wildman–Crippen MR) is 59.1 cm³/mol. The molecule has 0 heterocycles. The summed E-state index contributed by atoms with van der Waals surface area (Å²) in [7, 11) is 0. The number of hydrogen-bond acceptors (Lipinski definition) is 3. The van der Waals surface area contributed by atoms with E-state index in [0.717, 1.165) is 0 Å². The fourth-order valence-corrected chi connectivity index (χ4v) is 2.23. The van der Waals surface area contributed by atoms with Crippen molar-refractivity contribution >= 4 is 17.7 Å². The van der Waals surface area contributed by atoms with Crippen molar-refractivity contribution in [3.05, 3.63) is 28.8 Å². The molecule has 96 valence electrons. The monoisotopic (exact) mass is 275 g/mol. The minimum absolute atomic E-state index is 0.0378. The minimum Gasteiger partial charge on any atom is -0.481 e. The molecule has 0 aliphatic carbocycles. The largest absolute Gasteiger partial charge is 0.481 e. The SMILES string of the molecule is Cc1cc(C#N)c(CC(=O)O)c(SC(F)(F)F)c1. The lowest BCUT2D eigenvalue weighted by Crippen LogP contribution is -2.07. The van der Waals surface area contributed by atoms with Crippen molar-refractivity contribution in [1.29, 1.82) is 5.26 Å². The van der Waals surface area contributed by atoms with Crippen molar-refractivity contribution in [2.45, 2.75) is 23.7 Å². The van der Waals surface area contributed by atoms with E-state index in [1.807, 2.05) is 0 Å². The smallest absolute Gasteiger partial charge is 0.446 e. The second kappa shape index (κ2) is 5.31. The number of halogens is 3. The number of carboxylic acids is 1. The number of nitrogens with zero attached hydrogens (tertiary/aromatic N) is 1. The second-order valence-corrected chi connectivity index (χ2v) is 4.63. The van der Waals surface area contributed by atoms with Crippen molar-refractivity contribution in [2.24, 2.45) is 0 Å². The molecule has 1 aromatic carbocycles. The molecule has 0 atom stereocenters. The molecule has 7 heteroatoms. The van der Waals surface area contributed by atoms with E-state index in [4.69, 9.17) is 10.4 Å². The van der Waals surface area contributed by atoms with Crippen LogP contribution in [0.4, 0.5) is 13.2 Å². The van der Waals surface area contributed by atoms with Crippen LogP contribution in [-0.2, 0) is 11.2 Å². The van der Waals surface area contributed by atoms with E-state index in [-0.39, 0.29) is 16.0 Å². The van der Waals surface area contributed by atoms with E-state index in [2.05, 4.69) is 0 Å². The van der Waals surface area contributed by atoms with Crippen LogP contribution in [0.3, 0.4) is 0 Å². The first-order valence-electron chi connectivity index (χ1n) is 4.74. The Hall–Kier alpha value is -1.68. The number of benzene rings is 1. The number of hydrogen-bond donors (Lipinski definition) is 1. The Morgan fingerprint density at radius 2 is 2.11 bits per heavy atom. The highest BCUT2D eigenvalue weighted by molar-refractivity contribution is 8.00. The van der Waals surface area contributed by atoms with Gasteiger partial charge < -0.3 is 5.11 Å². The first-order valence-corrected chi connectivity index (χ1v) is 5.55. The third-order valence-electron chi connectivity index (χ3n) is 2.03. The predicted octanol–water partition coefficient (Wildman–Crippen LogP) is 3.11. The number of aryl methyl sites for hydroxylation is 1. The molecule has 1 rings (SSSR count). The molecular weight excluding hydrogens is 267 g/mol. The number of rotatable bonds is 3. The Morgan fingerprint density at radius 3 is 2.56 bits per heavy atom. The van der Waals surface area contributed by atoms with Gasteiger partial charge >= 0.3 is 11.5 Å². The van der Waals surface area contributed by atoms with Crippen LogP contribution in [0.5, 0.6) is 0 Å². The maximum absolute atomic E-state index is 12.4. The molecule has 0 aliphatic heterocycles. The van der Waals surface area contributed by atoms with Crippen LogP contribution in [0.15, 0.2) is 17.0 Å². The molecule has 0 aliphatic rings. The molecule has 1 N–H and O–H groups in total. The summed E-state index contributed by atoms with van der Waals surface area (Å²) in [4.78, 5) is 10.4. The molecule has 0 bridgehead atoms. The highest BCUT2D eigenvalue weighted by Crippen LogP contribution is 2.40. The number of nitriles is 1. The summed E-state index contributed by atoms with van der Waals surface area (Å²) in [6, 6.07) is 4.33. The van der Waals surface area contributed by atoms with Gasteiger partial charge in [-0.2, -0.15) is 18.4 Å². The quantitative estimate of drug-likeness (QED) is 0.861. The molecule has 0 spiro atoms. The third-order valence-corrected chi connectivity index (χ3v) is 2.84. The molecule has 0 saturated carbocycles. The van der Waals surface area contributed by atoms with Crippen LogP contribution >= 0.6 is 11.8 Å². The van der Waals surface area contributed by atoms with Gasteiger partial charge in [-0.3, -0.25) is 4.79 Å². The number of aliphatic carboxylic acids is 1. The Kier molecular flexibility index (Phi) is 4.24. The normalized spacial score (nSPS) is 11.1. The van der Waals surface area contributed by atoms with E-state index < -0.39 is 29.7 Å². The van der Waals surface area contributed by atoms with Gasteiger partial charge in [-0.1, -0.05) is 0 Å². The molecule has 1 aromatic rings. The summed E-state index contributed by atoms with van der Waals surface area (Å²) in [6.07, 6.45) is -0.610. The van der Waals surface area contributed by atoms with Crippen molar-refractivity contribution in [1.82, 2.24) is 0 Å². The molecule has 0 unspecified atom stereocenters. The highest BCUT2D eigenvalue weighted by atomic mass is 32.2. The molecular formula is C11H8F3NO2S. The van der Waals surface area contributed by atoms with E-state index in [9.17, 15) is 18.0 Å². The van der Waals surface area contributed by atoms with Gasteiger partial charge in [0, 0.05) is 4.90 Å². The van der Waals surface area contributed by atoms with Gasteiger partial charge in [0.2, 0.25) is 0 Å². The van der Waals surface area contributed by atoms with Crippen LogP contribution in [0.1, 0.15) is 16.7 Å². The van der Waals surface area contributed by atoms with Gasteiger partial charge in [0.1, 0.15) is 0 Å². The topological polar surface area (TPSA) is 61.1 Å². The summed E-state index contributed by atoms with van der Waals surface area (Å²) in [5.74, 6) is -1.28. The Bertz CT molecular complexity index is 520. The van der Waals surface area contributed by atoms with Gasteiger partial charge in [0.05, 0.1) is 18.1 Å². The van der Waals surface area contributed by atoms with Gasteiger partial charge in [-0.25, -0.2) is 0 Å². The van der Waals surface area contributed by atoms with E-state index in [1.165, 1.54) is 12.1 Å². The summed E-state index contributed by atoms with van der Waals surface area (Å²) < 4.78 is 37.1. The van der Waals surface area contributed by atoms with Crippen molar-refractivity contribution < 1.29 is 23.1 Å². The number of carboxylic acid groups (broad SMARTS) is 1. The van der Waals surface area contributed by atoms with Gasteiger partial charge in [-0.15, -0.1) is 0 Å². The average molecular weight is 275 g/mol. The van der Waals surface area contributed by atoms with E-state index >= 15 is 0 Å². The number of alkyl halides is 3. The fourth-order valence-electron chi connectivity index (χ4n) is 1.43. The van der Waals surface area contributed by atoms with Crippen LogP contribution < -0.4 is 0 Å². The third kappa shape index (κ3) is 3.96. The first kappa shape index (κ1) is 14.4. The summed E-state index contributed by atoms with van der Waals surface area (Å²) >= 11 is -0.401. The second-order valence-electron chi connectivity index (χ2n) is 3.52. The van der Waals surface area contributed by atoms with Gasteiger partial charge in [0.25, 0.3) is 0 Å². The van der Waals surface area contributed by atoms with Gasteiger partial charge in [0.15, 0.2) is 0 Å². The van der Waals surface area contributed by atoms with E-state index in [0.29, 0.717) is 5.56 Å². The summed E-state index contributed by atoms with van der Waals surface area (Å²) in [5.41, 5.74) is -4.18. The lowest BCUT2D eigenvalue weighted by atomic mass is 10.0. The zero-order valence-corrected chi connectivity index (χ0v) is 10.0. The fraction of sp³-hybridized carbons (Fsp3) is 0.273. The summed E-state index contributed by atoms with van der Waals surface area (Å²) in [6.45, 7) is 1.55. The maximum Gasteiger partial charge on any atom is 0.446 e. The van der Waals surface area contributed by atoms with Gasteiger partial charge in [-0.05, 0) is 41.9 Å². The average Bonchev–Trinajstić information content (AvgIpc) is 2.18. The molecule has 0 radical (unpaired) electrons. The van der Waals surface area contributed by atoms with E-state index in [1.54, 1.807) is 13.0 Å². The molecule has 3 nitrogen and oxygen atoms in total.